The summed E-state index contributed by atoms with van der Waals surface area (Å²) in [6, 6.07) is 7.87. The predicted molar refractivity (Wildman–Crippen MR) is 121 cm³/mol. The molecule has 33 heavy (non-hydrogen) atoms. The fourth-order valence-electron chi connectivity index (χ4n) is 5.32. The number of hydrogen-bond donors (Lipinski definition) is 2. The summed E-state index contributed by atoms with van der Waals surface area (Å²) in [6.45, 7) is 6.89. The number of epoxide rings is 2. The maximum absolute atomic E-state index is 12.8. The number of carbonyl (C=O) groups is 2. The van der Waals surface area contributed by atoms with E-state index < -0.39 is 35.9 Å². The van der Waals surface area contributed by atoms with Crippen LogP contribution in [-0.2, 0) is 23.7 Å². The predicted octanol–water partition coefficient (Wildman–Crippen LogP) is 3.02. The van der Waals surface area contributed by atoms with Crippen molar-refractivity contribution in [3.8, 4) is 0 Å². The Kier molecular flexibility index (Phi) is 6.53. The molecule has 0 radical (unpaired) electrons. The summed E-state index contributed by atoms with van der Waals surface area (Å²) in [5.74, 6) is -0.729. The van der Waals surface area contributed by atoms with Crippen molar-refractivity contribution in [3.05, 3.63) is 47.5 Å². The molecule has 8 heteroatoms. The topological polar surface area (TPSA) is 116 Å². The fraction of sp³-hybridized carbons (Fsp3) is 0.600. The molecule has 4 rings (SSSR count). The number of ether oxygens (including phenoxy) is 4. The van der Waals surface area contributed by atoms with Crippen LogP contribution in [0.1, 0.15) is 51.6 Å². The van der Waals surface area contributed by atoms with Gasteiger partial charge < -0.3 is 30.0 Å². The largest absolute Gasteiger partial charge is 0.443 e. The zero-order valence-corrected chi connectivity index (χ0v) is 19.7. The van der Waals surface area contributed by atoms with Gasteiger partial charge in [0.05, 0.1) is 18.6 Å². The minimum absolute atomic E-state index is 0.0704. The van der Waals surface area contributed by atoms with E-state index in [1.807, 2.05) is 6.07 Å². The molecule has 180 valence electrons. The first-order valence-electron chi connectivity index (χ1n) is 11.5. The number of primary amides is 1. The van der Waals surface area contributed by atoms with Crippen LogP contribution < -0.4 is 11.1 Å². The Morgan fingerprint density at radius 3 is 2.58 bits per heavy atom. The smallest absolute Gasteiger partial charge is 0.408 e. The third-order valence-electron chi connectivity index (χ3n) is 7.18. The molecule has 7 unspecified atom stereocenters. The van der Waals surface area contributed by atoms with Crippen LogP contribution in [0.3, 0.4) is 0 Å². The van der Waals surface area contributed by atoms with Crippen LogP contribution >= 0.6 is 0 Å². The number of nitrogens with two attached hydrogens (primary N) is 1. The van der Waals surface area contributed by atoms with Crippen LogP contribution in [0.2, 0.25) is 0 Å². The summed E-state index contributed by atoms with van der Waals surface area (Å²) >= 11 is 0. The lowest BCUT2D eigenvalue weighted by atomic mass is 9.68. The van der Waals surface area contributed by atoms with Crippen molar-refractivity contribution in [3.63, 3.8) is 0 Å². The maximum Gasteiger partial charge on any atom is 0.408 e. The number of carbonyl (C=O) groups excluding carboxylic acids is 2. The van der Waals surface area contributed by atoms with Gasteiger partial charge in [0.15, 0.2) is 0 Å². The van der Waals surface area contributed by atoms with E-state index in [0.717, 1.165) is 12.8 Å². The number of methoxy groups -OCH3 is 1. The van der Waals surface area contributed by atoms with Gasteiger partial charge in [0.1, 0.15) is 29.5 Å². The number of nitrogens with one attached hydrogen (secondary N) is 1. The minimum Gasteiger partial charge on any atom is -0.443 e. The van der Waals surface area contributed by atoms with Gasteiger partial charge in [-0.3, -0.25) is 4.79 Å². The molecule has 1 spiro atoms. The lowest BCUT2D eigenvalue weighted by Crippen LogP contribution is -2.56. The monoisotopic (exact) mass is 458 g/mol. The van der Waals surface area contributed by atoms with Crippen molar-refractivity contribution < 1.29 is 28.5 Å². The van der Waals surface area contributed by atoms with Crippen molar-refractivity contribution in [1.82, 2.24) is 5.32 Å². The molecule has 0 bridgehead atoms. The Balaban J connectivity index is 1.47. The lowest BCUT2D eigenvalue weighted by Gasteiger charge is -2.42. The van der Waals surface area contributed by atoms with Gasteiger partial charge in [0, 0.05) is 7.11 Å². The van der Waals surface area contributed by atoms with Gasteiger partial charge in [-0.1, -0.05) is 42.0 Å². The normalized spacial score (nSPS) is 35.4. The second-order valence-electron chi connectivity index (χ2n) is 9.71. The maximum atomic E-state index is 12.8. The summed E-state index contributed by atoms with van der Waals surface area (Å²) in [7, 11) is 1.63. The number of allylic oxidation sites excluding steroid dienone is 1. The first-order valence-corrected chi connectivity index (χ1v) is 11.5. The molecule has 2 saturated heterocycles. The molecular weight excluding hydrogens is 424 g/mol. The molecular formula is C25H34N2O6. The Labute approximate surface area is 194 Å². The van der Waals surface area contributed by atoms with Crippen LogP contribution in [0, 0.1) is 5.92 Å². The van der Waals surface area contributed by atoms with E-state index in [1.54, 1.807) is 31.4 Å². The third kappa shape index (κ3) is 4.78. The standard InChI is InChI=1S/C25H34N2O6/c1-15(2)10-11-18-24(3,33-18)21-20(30-4)17(12-13-25(21)14-31-25)32-23(29)27-19(22(26)28)16-8-6-5-7-9-16/h5-10,17-21H,11-14H2,1-4H3,(H2,26,28)(H,27,29). The van der Waals surface area contributed by atoms with Crippen LogP contribution in [0.25, 0.3) is 0 Å². The summed E-state index contributed by atoms with van der Waals surface area (Å²) in [6.07, 6.45) is 2.83. The molecule has 2 aliphatic heterocycles. The van der Waals surface area contributed by atoms with E-state index in [4.69, 9.17) is 24.7 Å². The van der Waals surface area contributed by atoms with Crippen LogP contribution in [0.5, 0.6) is 0 Å². The second kappa shape index (κ2) is 9.08. The number of alkyl carbamates (subject to hydrolysis) is 1. The molecule has 8 nitrogen and oxygen atoms in total. The average Bonchev–Trinajstić information content (AvgIpc) is 3.69. The second-order valence-corrected chi connectivity index (χ2v) is 9.71. The third-order valence-corrected chi connectivity index (χ3v) is 7.18. The molecule has 1 saturated carbocycles. The van der Waals surface area contributed by atoms with E-state index in [1.165, 1.54) is 5.57 Å². The zero-order valence-electron chi connectivity index (χ0n) is 19.7. The summed E-state index contributed by atoms with van der Waals surface area (Å²) in [5.41, 5.74) is 6.66. The van der Waals surface area contributed by atoms with E-state index in [9.17, 15) is 9.59 Å². The molecule has 1 aromatic rings. The van der Waals surface area contributed by atoms with Crippen molar-refractivity contribution in [1.29, 1.82) is 0 Å². The summed E-state index contributed by atoms with van der Waals surface area (Å²) in [4.78, 5) is 24.8. The van der Waals surface area contributed by atoms with Gasteiger partial charge in [-0.05, 0) is 45.6 Å². The first kappa shape index (κ1) is 23.7. The molecule has 3 fully saturated rings. The zero-order chi connectivity index (χ0) is 23.8. The van der Waals surface area contributed by atoms with Crippen LogP contribution in [-0.4, -0.2) is 55.2 Å². The quantitative estimate of drug-likeness (QED) is 0.457. The van der Waals surface area contributed by atoms with Gasteiger partial charge in [-0.15, -0.1) is 0 Å². The van der Waals surface area contributed by atoms with Crippen molar-refractivity contribution >= 4 is 12.0 Å². The Hall–Kier alpha value is -2.42. The molecule has 7 atom stereocenters. The molecule has 3 N–H and O–H groups in total. The van der Waals surface area contributed by atoms with Crippen molar-refractivity contribution in [2.24, 2.45) is 11.7 Å². The highest BCUT2D eigenvalue weighted by molar-refractivity contribution is 5.85. The summed E-state index contributed by atoms with van der Waals surface area (Å²) in [5, 5.41) is 2.61. The Bertz CT molecular complexity index is 911. The van der Waals surface area contributed by atoms with E-state index in [-0.39, 0.29) is 17.6 Å². The average molecular weight is 459 g/mol. The van der Waals surface area contributed by atoms with Crippen LogP contribution in [0.15, 0.2) is 42.0 Å². The van der Waals surface area contributed by atoms with Gasteiger partial charge in [-0.2, -0.15) is 0 Å². The SMILES string of the molecule is COC1C(OC(=O)NC(C(N)=O)c2ccccc2)CCC2(CO2)C1C1(C)OC1CC=C(C)C. The van der Waals surface area contributed by atoms with E-state index >= 15 is 0 Å². The van der Waals surface area contributed by atoms with Crippen molar-refractivity contribution in [2.45, 2.75) is 75.6 Å². The first-order chi connectivity index (χ1) is 15.7. The van der Waals surface area contributed by atoms with E-state index in [2.05, 4.69) is 32.2 Å². The molecule has 2 heterocycles. The van der Waals surface area contributed by atoms with Gasteiger partial charge >= 0.3 is 6.09 Å². The van der Waals surface area contributed by atoms with Gasteiger partial charge in [0.2, 0.25) is 5.91 Å². The highest BCUT2D eigenvalue weighted by atomic mass is 16.6. The molecule has 1 aromatic carbocycles. The Morgan fingerprint density at radius 2 is 2.00 bits per heavy atom. The lowest BCUT2D eigenvalue weighted by molar-refractivity contribution is -0.122. The van der Waals surface area contributed by atoms with Crippen LogP contribution in [0.4, 0.5) is 4.79 Å². The Morgan fingerprint density at radius 1 is 1.30 bits per heavy atom. The number of rotatable bonds is 8. The number of hydrogen-bond acceptors (Lipinski definition) is 6. The fourth-order valence-corrected chi connectivity index (χ4v) is 5.32. The highest BCUT2D eigenvalue weighted by Crippen LogP contribution is 2.59. The molecule has 0 aromatic heterocycles. The van der Waals surface area contributed by atoms with Crippen molar-refractivity contribution in [2.75, 3.05) is 13.7 Å². The van der Waals surface area contributed by atoms with E-state index in [0.29, 0.717) is 18.6 Å². The molecule has 3 aliphatic rings. The molecule has 2 amide bonds. The number of amides is 2. The van der Waals surface area contributed by atoms with Gasteiger partial charge in [-0.25, -0.2) is 4.79 Å². The summed E-state index contributed by atoms with van der Waals surface area (Å²) < 4.78 is 23.8. The number of benzene rings is 1. The highest BCUT2D eigenvalue weighted by Gasteiger charge is 2.72. The minimum atomic E-state index is -0.977. The van der Waals surface area contributed by atoms with Gasteiger partial charge in [0.25, 0.3) is 0 Å². The molecule has 1 aliphatic carbocycles.